The summed E-state index contributed by atoms with van der Waals surface area (Å²) >= 11 is 0. The third kappa shape index (κ3) is 6.62. The number of nitrogens with zero attached hydrogens (tertiary/aromatic N) is 1. The molecule has 0 bridgehead atoms. The maximum Gasteiger partial charge on any atom is 0.438 e. The van der Waals surface area contributed by atoms with Crippen molar-refractivity contribution in [1.82, 2.24) is 4.90 Å². The predicted octanol–water partition coefficient (Wildman–Crippen LogP) is 2.59. The molecule has 1 fully saturated rings. The predicted molar refractivity (Wildman–Crippen MR) is 86.0 cm³/mol. The molecule has 0 aromatic carbocycles. The van der Waals surface area contributed by atoms with E-state index in [-0.39, 0.29) is 25.9 Å². The Morgan fingerprint density at radius 2 is 1.40 bits per heavy atom. The fourth-order valence-corrected chi connectivity index (χ4v) is 3.48. The van der Waals surface area contributed by atoms with Crippen LogP contribution in [-0.4, -0.2) is 72.3 Å². The summed E-state index contributed by atoms with van der Waals surface area (Å²) in [5, 5.41) is 0. The Morgan fingerprint density at radius 1 is 0.967 bits per heavy atom. The van der Waals surface area contributed by atoms with Crippen LogP contribution in [0.3, 0.4) is 0 Å². The summed E-state index contributed by atoms with van der Waals surface area (Å²) in [4.78, 5) is 25.1. The number of carbonyl (C=O) groups is 2. The third-order valence-corrected chi connectivity index (χ3v) is 4.81. The van der Waals surface area contributed by atoms with Gasteiger partial charge in [0.1, 0.15) is 5.60 Å². The van der Waals surface area contributed by atoms with Gasteiger partial charge in [-0.25, -0.2) is 13.2 Å². The van der Waals surface area contributed by atoms with Crippen LogP contribution in [0.5, 0.6) is 0 Å². The van der Waals surface area contributed by atoms with Crippen LogP contribution in [-0.2, 0) is 24.4 Å². The number of hydrogen-bond acceptors (Lipinski definition) is 7. The van der Waals surface area contributed by atoms with E-state index in [9.17, 15) is 48.9 Å². The Bertz CT molecular complexity index is 735. The topological polar surface area (TPSA) is 113 Å². The van der Waals surface area contributed by atoms with E-state index in [2.05, 4.69) is 4.74 Å². The molecule has 0 radical (unpaired) electrons. The lowest BCUT2D eigenvalue weighted by atomic mass is 9.96. The average molecular weight is 472 g/mol. The maximum absolute atomic E-state index is 13.2. The lowest BCUT2D eigenvalue weighted by Crippen LogP contribution is -2.64. The van der Waals surface area contributed by atoms with Gasteiger partial charge in [0.05, 0.1) is 21.8 Å². The highest BCUT2D eigenvalue weighted by atomic mass is 32.2. The van der Waals surface area contributed by atoms with Crippen LogP contribution in [0.4, 0.5) is 31.1 Å². The summed E-state index contributed by atoms with van der Waals surface area (Å²) in [6.45, 7) is 4.28. The first-order valence-corrected chi connectivity index (χ1v) is 10.0. The van der Waals surface area contributed by atoms with Crippen LogP contribution in [0, 0.1) is 5.92 Å². The molecule has 8 nitrogen and oxygen atoms in total. The number of ether oxygens (including phenoxy) is 2. The van der Waals surface area contributed by atoms with Crippen molar-refractivity contribution < 1.29 is 58.4 Å². The molecule has 30 heavy (non-hydrogen) atoms. The highest BCUT2D eigenvalue weighted by molar-refractivity contribution is 7.85. The normalized spacial score (nSPS) is 17.6. The van der Waals surface area contributed by atoms with Crippen LogP contribution in [0.25, 0.3) is 0 Å². The number of esters is 1. The molecule has 0 atom stereocenters. The van der Waals surface area contributed by atoms with Crippen molar-refractivity contribution in [2.75, 3.05) is 18.8 Å². The van der Waals surface area contributed by atoms with Gasteiger partial charge in [-0.15, -0.1) is 0 Å². The summed E-state index contributed by atoms with van der Waals surface area (Å²) in [5.74, 6) is -6.51. The summed E-state index contributed by atoms with van der Waals surface area (Å²) < 4.78 is 120. The van der Waals surface area contributed by atoms with E-state index in [1.807, 2.05) is 0 Å². The maximum atomic E-state index is 13.2. The highest BCUT2D eigenvalue weighted by Crippen LogP contribution is 2.47. The molecule has 176 valence electrons. The molecular formula is C15H20F6NO7S-. The monoisotopic (exact) mass is 472 g/mol. The Labute approximate surface area is 168 Å². The van der Waals surface area contributed by atoms with E-state index in [0.717, 1.165) is 4.90 Å². The number of rotatable bonds is 4. The summed E-state index contributed by atoms with van der Waals surface area (Å²) in [6.07, 6.45) is -14.3. The number of amides is 1. The van der Waals surface area contributed by atoms with Crippen molar-refractivity contribution in [2.45, 2.75) is 57.2 Å². The fourth-order valence-electron chi connectivity index (χ4n) is 2.60. The number of likely N-dealkylation sites (tertiary alicyclic amines) is 1. The molecule has 1 amide bonds. The van der Waals surface area contributed by atoms with Crippen LogP contribution < -0.4 is 0 Å². The molecule has 0 aromatic rings. The smallest absolute Gasteiger partial charge is 0.438 e. The molecule has 1 saturated heterocycles. The molecule has 0 N–H and O–H groups in total. The SMILES string of the molecule is CC(C)(C)OC(=O)N1CCC(C(=O)OC(CS(=O)(=O)[O-])(C(F)(F)F)C(F)(F)F)CC1. The second-order valence-electron chi connectivity index (χ2n) is 7.69. The van der Waals surface area contributed by atoms with Gasteiger partial charge in [-0.2, -0.15) is 26.3 Å². The van der Waals surface area contributed by atoms with Crippen molar-refractivity contribution in [1.29, 1.82) is 0 Å². The highest BCUT2D eigenvalue weighted by Gasteiger charge is 2.75. The van der Waals surface area contributed by atoms with Gasteiger partial charge in [0.25, 0.3) is 0 Å². The molecule has 0 aromatic heterocycles. The number of hydrogen-bond donors (Lipinski definition) is 0. The summed E-state index contributed by atoms with van der Waals surface area (Å²) in [6, 6.07) is 0. The minimum absolute atomic E-state index is 0.223. The minimum atomic E-state index is -6.42. The lowest BCUT2D eigenvalue weighted by Gasteiger charge is -2.39. The molecule has 1 aliphatic heterocycles. The van der Waals surface area contributed by atoms with Crippen molar-refractivity contribution in [3.8, 4) is 0 Å². The molecular weight excluding hydrogens is 452 g/mol. The van der Waals surface area contributed by atoms with Crippen molar-refractivity contribution >= 4 is 22.2 Å². The van der Waals surface area contributed by atoms with Gasteiger partial charge in [0.2, 0.25) is 0 Å². The van der Waals surface area contributed by atoms with Crippen molar-refractivity contribution in [3.05, 3.63) is 0 Å². The Kier molecular flexibility index (Phi) is 7.35. The molecule has 15 heteroatoms. The molecule has 0 saturated carbocycles. The number of alkyl halides is 6. The Morgan fingerprint density at radius 3 is 1.73 bits per heavy atom. The zero-order valence-corrected chi connectivity index (χ0v) is 16.9. The largest absolute Gasteiger partial charge is 0.748 e. The van der Waals surface area contributed by atoms with E-state index in [4.69, 9.17) is 4.74 Å². The first-order chi connectivity index (χ1) is 13.2. The molecule has 1 aliphatic rings. The van der Waals surface area contributed by atoms with Crippen LogP contribution in [0.15, 0.2) is 0 Å². The number of carbonyl (C=O) groups excluding carboxylic acids is 2. The standard InChI is InChI=1S/C15H21F6NO7S/c1-12(2,3)29-11(24)22-6-4-9(5-7-22)10(23)28-13(14(16,17)18,15(19,20)21)8-30(25,26)27/h9H,4-8H2,1-3H3,(H,25,26,27)/p-1. The van der Waals surface area contributed by atoms with Gasteiger partial charge in [-0.1, -0.05) is 0 Å². The second kappa shape index (κ2) is 8.40. The third-order valence-electron chi connectivity index (χ3n) is 4.05. The van der Waals surface area contributed by atoms with Gasteiger partial charge in [-0.05, 0) is 33.6 Å². The number of halogens is 6. The molecule has 1 heterocycles. The Hall–Kier alpha value is -1.77. The van der Waals surface area contributed by atoms with Gasteiger partial charge in [-0.3, -0.25) is 4.79 Å². The molecule has 0 unspecified atom stereocenters. The van der Waals surface area contributed by atoms with E-state index in [1.54, 1.807) is 20.8 Å². The first kappa shape index (κ1) is 26.3. The summed E-state index contributed by atoms with van der Waals surface area (Å²) in [5.41, 5.74) is -6.35. The van der Waals surface area contributed by atoms with E-state index < -0.39 is 57.4 Å². The van der Waals surface area contributed by atoms with E-state index >= 15 is 0 Å². The molecule has 0 spiro atoms. The van der Waals surface area contributed by atoms with Gasteiger partial charge in [0.15, 0.2) is 0 Å². The van der Waals surface area contributed by atoms with Gasteiger partial charge in [0, 0.05) is 13.1 Å². The van der Waals surface area contributed by atoms with Crippen molar-refractivity contribution in [2.24, 2.45) is 5.92 Å². The van der Waals surface area contributed by atoms with Crippen LogP contribution in [0.1, 0.15) is 33.6 Å². The lowest BCUT2D eigenvalue weighted by molar-refractivity contribution is -0.362. The zero-order valence-electron chi connectivity index (χ0n) is 16.1. The Balaban J connectivity index is 3.01. The number of piperidine rings is 1. The minimum Gasteiger partial charge on any atom is -0.748 e. The van der Waals surface area contributed by atoms with Gasteiger partial charge < -0.3 is 18.9 Å². The van der Waals surface area contributed by atoms with E-state index in [0.29, 0.717) is 0 Å². The quantitative estimate of drug-likeness (QED) is 0.351. The summed E-state index contributed by atoms with van der Waals surface area (Å²) in [7, 11) is -6.10. The van der Waals surface area contributed by atoms with Gasteiger partial charge >= 0.3 is 30.0 Å². The van der Waals surface area contributed by atoms with Crippen molar-refractivity contribution in [3.63, 3.8) is 0 Å². The van der Waals surface area contributed by atoms with E-state index in [1.165, 1.54) is 0 Å². The first-order valence-electron chi connectivity index (χ1n) is 8.46. The molecule has 1 rings (SSSR count). The average Bonchev–Trinajstić information content (AvgIpc) is 2.49. The second-order valence-corrected chi connectivity index (χ2v) is 9.09. The fraction of sp³-hybridized carbons (Fsp3) is 0.867. The zero-order chi connectivity index (χ0) is 23.8. The van der Waals surface area contributed by atoms with Crippen LogP contribution >= 0.6 is 0 Å². The van der Waals surface area contributed by atoms with Crippen LogP contribution in [0.2, 0.25) is 0 Å². The molecule has 0 aliphatic carbocycles.